The Bertz CT molecular complexity index is 2130. The highest BCUT2D eigenvalue weighted by Gasteiger charge is 2.50. The Hall–Kier alpha value is -4.01. The lowest BCUT2D eigenvalue weighted by Crippen LogP contribution is -2.52. The van der Waals surface area contributed by atoms with Crippen LogP contribution >= 0.6 is 0 Å². The number of amides is 5. The molecule has 0 heterocycles. The molecular formula is C48H88F3N5O17SSi3. The minimum atomic E-state index is -6.10. The molecule has 2 fully saturated rings. The van der Waals surface area contributed by atoms with Crippen LogP contribution in [-0.2, 0) is 56.3 Å². The quantitative estimate of drug-likeness (QED) is 0.0147. The van der Waals surface area contributed by atoms with E-state index in [4.69, 9.17) is 36.7 Å². The van der Waals surface area contributed by atoms with Crippen molar-refractivity contribution in [1.29, 1.82) is 0 Å². The first-order chi connectivity index (χ1) is 34.9. The number of alkyl halides is 3. The van der Waals surface area contributed by atoms with Crippen molar-refractivity contribution in [3.63, 3.8) is 0 Å². The van der Waals surface area contributed by atoms with E-state index in [0.29, 0.717) is 51.0 Å². The summed E-state index contributed by atoms with van der Waals surface area (Å²) in [6.07, 6.45) is 0.256. The molecule has 77 heavy (non-hydrogen) atoms. The molecule has 2 rings (SSSR count). The van der Waals surface area contributed by atoms with Gasteiger partial charge in [-0.15, -0.1) is 0 Å². The smallest absolute Gasteiger partial charge is 0.459 e. The summed E-state index contributed by atoms with van der Waals surface area (Å²) in [5.41, 5.74) is -9.86. The summed E-state index contributed by atoms with van der Waals surface area (Å²) < 4.78 is 108. The minimum Gasteiger partial charge on any atom is -0.459 e. The number of sulfonamides is 1. The van der Waals surface area contributed by atoms with Gasteiger partial charge in [0.05, 0.1) is 13.2 Å². The average molecular weight is 1180 g/mol. The fourth-order valence-corrected chi connectivity index (χ4v) is 23.5. The number of carbonyl (C=O) groups is 6. The highest BCUT2D eigenvalue weighted by Crippen LogP contribution is 2.47. The second-order valence-corrected chi connectivity index (χ2v) is 39.6. The predicted octanol–water partition coefficient (Wildman–Crippen LogP) is 7.31. The number of esters is 1. The average Bonchev–Trinajstić information content (AvgIpc) is 3.23. The standard InChI is InChI=1S/C48H88F3N5O17SSi3/c1-16-37(58)67-19-20-68-39(60)52-30-46(7)25-35(23-44(4,5)29-46)55-42(63)71-36(26-66-18-17-21-77(15,72-75(9,10)11)73-76(12,13)14)27-69-40(61)53-31-45(6)24-34(22-43(2,3)28-45)54-41(62)70-33-47(8,32-57)38(59)56-74(64,65)48(49,50)51/h16,34-36,57H,1,17-33H2,2-15H3,(H,52,60)(H,53,61)(H,54,62)(H,55,63)(H,56,59). The van der Waals surface area contributed by atoms with Crippen molar-refractivity contribution in [2.75, 3.05) is 59.3 Å². The van der Waals surface area contributed by atoms with Crippen LogP contribution in [0.4, 0.5) is 32.3 Å². The molecule has 2 saturated carbocycles. The SMILES string of the molecule is C=CC(=O)OCCOC(=O)NCC1(C)CC(NC(=O)OC(COCCC[Si](C)(O[Si](C)(C)C)O[Si](C)(C)C)COC(=O)NCC2(C)CC(NC(=O)OCC(C)(CO)C(=O)NS(=O)(=O)C(F)(F)F)CC(C)(C)C2)CC(C)(C)C1. The molecule has 2 aliphatic rings. The topological polar surface area (TPSA) is 291 Å². The van der Waals surface area contributed by atoms with Crippen LogP contribution in [0, 0.1) is 27.1 Å². The number of rotatable bonds is 28. The summed E-state index contributed by atoms with van der Waals surface area (Å²) in [6, 6.07) is -0.281. The van der Waals surface area contributed by atoms with Crippen LogP contribution in [0.1, 0.15) is 93.4 Å². The Morgan fingerprint density at radius 1 is 0.701 bits per heavy atom. The fourth-order valence-electron chi connectivity index (χ4n) is 10.4. The number of halogens is 3. The Kier molecular flexibility index (Phi) is 25.1. The molecule has 0 aromatic heterocycles. The Morgan fingerprint density at radius 3 is 1.65 bits per heavy atom. The second-order valence-electron chi connectivity index (χ2n) is 25.1. The van der Waals surface area contributed by atoms with Crippen molar-refractivity contribution >= 4 is 71.5 Å². The van der Waals surface area contributed by atoms with Gasteiger partial charge in [0, 0.05) is 37.9 Å². The lowest BCUT2D eigenvalue weighted by Gasteiger charge is -2.46. The maximum absolute atomic E-state index is 13.7. The van der Waals surface area contributed by atoms with Gasteiger partial charge in [0.2, 0.25) is 5.91 Å². The van der Waals surface area contributed by atoms with Crippen LogP contribution in [0.3, 0.4) is 0 Å². The molecule has 0 bridgehead atoms. The number of aliphatic hydroxyl groups is 1. The van der Waals surface area contributed by atoms with Crippen LogP contribution in [0.15, 0.2) is 12.7 Å². The molecule has 2 aliphatic carbocycles. The van der Waals surface area contributed by atoms with E-state index >= 15 is 0 Å². The largest absolute Gasteiger partial charge is 0.516 e. The highest BCUT2D eigenvalue weighted by atomic mass is 32.2. The number of hydrogen-bond donors (Lipinski definition) is 6. The molecule has 5 amide bonds. The summed E-state index contributed by atoms with van der Waals surface area (Å²) in [4.78, 5) is 76.3. The molecule has 0 aromatic carbocycles. The maximum Gasteiger partial charge on any atom is 0.516 e. The van der Waals surface area contributed by atoms with Crippen LogP contribution < -0.4 is 26.0 Å². The molecule has 0 spiro atoms. The third kappa shape index (κ3) is 26.2. The maximum atomic E-state index is 13.7. The van der Waals surface area contributed by atoms with Crippen molar-refractivity contribution < 1.29 is 92.1 Å². The van der Waals surface area contributed by atoms with E-state index in [1.54, 1.807) is 0 Å². The van der Waals surface area contributed by atoms with Gasteiger partial charge in [0.1, 0.15) is 31.8 Å². The van der Waals surface area contributed by atoms with Gasteiger partial charge in [-0.25, -0.2) is 28.7 Å². The molecule has 0 radical (unpaired) electrons. The van der Waals surface area contributed by atoms with Crippen molar-refractivity contribution in [3.05, 3.63) is 12.7 Å². The van der Waals surface area contributed by atoms with Crippen molar-refractivity contribution in [3.8, 4) is 0 Å². The lowest BCUT2D eigenvalue weighted by atomic mass is 9.62. The van der Waals surface area contributed by atoms with E-state index in [1.807, 2.05) is 27.7 Å². The molecule has 6 atom stereocenters. The molecule has 0 aromatic rings. The van der Waals surface area contributed by atoms with Crippen molar-refractivity contribution in [2.45, 2.75) is 169 Å². The summed E-state index contributed by atoms with van der Waals surface area (Å²) >= 11 is 0. The monoisotopic (exact) mass is 1180 g/mol. The van der Waals surface area contributed by atoms with Gasteiger partial charge in [0.25, 0.3) is 0 Å². The summed E-state index contributed by atoms with van der Waals surface area (Å²) in [5, 5.41) is 21.0. The molecular weight excluding hydrogens is 1090 g/mol. The van der Waals surface area contributed by atoms with E-state index in [0.717, 1.165) is 17.7 Å². The van der Waals surface area contributed by atoms with Crippen LogP contribution in [0.25, 0.3) is 0 Å². The number of carbonyl (C=O) groups excluding carboxylic acids is 6. The Balaban J connectivity index is 2.15. The van der Waals surface area contributed by atoms with Gasteiger partial charge in [-0.05, 0) is 125 Å². The third-order valence-electron chi connectivity index (χ3n) is 12.5. The van der Waals surface area contributed by atoms with E-state index in [-0.39, 0.29) is 57.6 Å². The van der Waals surface area contributed by atoms with Gasteiger partial charge in [0.15, 0.2) is 22.7 Å². The summed E-state index contributed by atoms with van der Waals surface area (Å²) in [5.74, 6) is -2.37. The zero-order chi connectivity index (χ0) is 59.1. The first kappa shape index (κ1) is 69.1. The third-order valence-corrected chi connectivity index (χ3v) is 23.1. The van der Waals surface area contributed by atoms with Crippen LogP contribution in [0.5, 0.6) is 0 Å². The molecule has 6 unspecified atom stereocenters. The number of hydrogen-bond acceptors (Lipinski definition) is 17. The summed E-state index contributed by atoms with van der Waals surface area (Å²) in [6.45, 7) is 28.6. The van der Waals surface area contributed by atoms with Crippen molar-refractivity contribution in [2.24, 2.45) is 27.1 Å². The Morgan fingerprint density at radius 2 is 1.18 bits per heavy atom. The highest BCUT2D eigenvalue weighted by molar-refractivity contribution is 7.90. The van der Waals surface area contributed by atoms with Gasteiger partial charge in [-0.3, -0.25) is 4.79 Å². The van der Waals surface area contributed by atoms with Gasteiger partial charge in [-0.2, -0.15) is 21.6 Å². The first-order valence-electron chi connectivity index (χ1n) is 25.7. The first-order valence-corrected chi connectivity index (χ1v) is 36.5. The summed E-state index contributed by atoms with van der Waals surface area (Å²) in [7, 11) is -12.6. The molecule has 22 nitrogen and oxygen atoms in total. The van der Waals surface area contributed by atoms with Crippen molar-refractivity contribution in [1.82, 2.24) is 26.0 Å². The molecule has 6 N–H and O–H groups in total. The van der Waals surface area contributed by atoms with Gasteiger partial charge in [-0.1, -0.05) is 48.1 Å². The number of ether oxygens (including phenoxy) is 6. The molecule has 29 heteroatoms. The lowest BCUT2D eigenvalue weighted by molar-refractivity contribution is -0.138. The normalized spacial score (nSPS) is 22.9. The molecule has 0 saturated heterocycles. The zero-order valence-electron chi connectivity index (χ0n) is 47.6. The van der Waals surface area contributed by atoms with E-state index in [2.05, 4.69) is 87.5 Å². The van der Waals surface area contributed by atoms with Gasteiger partial charge >= 0.3 is 54.4 Å². The van der Waals surface area contributed by atoms with Gasteiger partial charge < -0.3 is 63.0 Å². The van der Waals surface area contributed by atoms with Crippen LogP contribution in [-0.4, -0.2) is 158 Å². The Labute approximate surface area is 456 Å². The fraction of sp³-hybridized carbons (Fsp3) is 0.833. The van der Waals surface area contributed by atoms with E-state index < -0.39 is 124 Å². The molecule has 446 valence electrons. The predicted molar refractivity (Wildman–Crippen MR) is 286 cm³/mol. The number of nitrogens with one attached hydrogen (secondary N) is 5. The second kappa shape index (κ2) is 27.9. The number of alkyl carbamates (subject to hydrolysis) is 4. The van der Waals surface area contributed by atoms with Crippen LogP contribution in [0.2, 0.25) is 51.9 Å². The number of aliphatic hydroxyl groups excluding tert-OH is 1. The zero-order valence-corrected chi connectivity index (χ0v) is 51.4. The molecule has 0 aliphatic heterocycles. The minimum absolute atomic E-state index is 0.0665. The van der Waals surface area contributed by atoms with E-state index in [1.165, 1.54) is 0 Å². The van der Waals surface area contributed by atoms with E-state index in [9.17, 15) is 55.5 Å².